The average molecular weight is 598 g/mol. The van der Waals surface area contributed by atoms with Gasteiger partial charge in [0, 0.05) is 41.0 Å². The number of hydrogen-bond acceptors (Lipinski definition) is 7. The fourth-order valence-electron chi connectivity index (χ4n) is 5.82. The zero-order valence-electron chi connectivity index (χ0n) is 22.5. The Kier molecular flexibility index (Phi) is 7.58. The Hall–Kier alpha value is -3.31. The summed E-state index contributed by atoms with van der Waals surface area (Å²) in [5.74, 6) is -2.99. The van der Waals surface area contributed by atoms with E-state index in [4.69, 9.17) is 11.6 Å². The first kappa shape index (κ1) is 27.8. The van der Waals surface area contributed by atoms with Crippen molar-refractivity contribution in [2.45, 2.75) is 69.5 Å². The minimum Gasteiger partial charge on any atom is -0.356 e. The van der Waals surface area contributed by atoms with Crippen LogP contribution in [0.25, 0.3) is 11.3 Å². The van der Waals surface area contributed by atoms with Crippen LogP contribution in [0, 0.1) is 11.3 Å². The van der Waals surface area contributed by atoms with Crippen LogP contribution >= 0.6 is 22.9 Å². The number of hydrogen-bond donors (Lipinski definition) is 3. The maximum Gasteiger partial charge on any atom is 0.289 e. The van der Waals surface area contributed by atoms with Crippen molar-refractivity contribution in [3.05, 3.63) is 39.7 Å². The van der Waals surface area contributed by atoms with Gasteiger partial charge in [0.25, 0.3) is 11.8 Å². The molecule has 12 heteroatoms. The molecule has 10 nitrogen and oxygen atoms in total. The van der Waals surface area contributed by atoms with Crippen LogP contribution in [-0.4, -0.2) is 70.5 Å². The molecule has 4 fully saturated rings. The summed E-state index contributed by atoms with van der Waals surface area (Å²) in [5, 5.41) is 10.9. The Balaban J connectivity index is 1.21. The molecule has 4 aliphatic rings. The van der Waals surface area contributed by atoms with E-state index >= 15 is 0 Å². The Bertz CT molecular complexity index is 1400. The SMILES string of the molecule is O=C(NC1CC1)C(=O)C(CC1CCNC1=O)NC(=O)C1CC2(CCN1C(=O)c1nc(-c3cccc(Cl)c3)cs1)CC2. The fraction of sp³-hybridized carbons (Fsp3) is 0.517. The number of piperidine rings is 1. The quantitative estimate of drug-likeness (QED) is 0.380. The van der Waals surface area contributed by atoms with Gasteiger partial charge in [-0.1, -0.05) is 23.7 Å². The number of rotatable bonds is 9. The Labute approximate surface area is 246 Å². The molecule has 3 atom stereocenters. The molecule has 2 saturated carbocycles. The Morgan fingerprint density at radius 2 is 1.98 bits per heavy atom. The fourth-order valence-corrected chi connectivity index (χ4v) is 6.79. The zero-order valence-corrected chi connectivity index (χ0v) is 24.1. The molecule has 0 radical (unpaired) electrons. The first-order valence-corrected chi connectivity index (χ1v) is 15.4. The average Bonchev–Trinajstić information content (AvgIpc) is 3.83. The molecular weight excluding hydrogens is 566 g/mol. The summed E-state index contributed by atoms with van der Waals surface area (Å²) in [4.78, 5) is 71.8. The number of carbonyl (C=O) groups excluding carboxylic acids is 5. The molecule has 2 aromatic rings. The molecule has 2 saturated heterocycles. The number of ketones is 1. The minimum atomic E-state index is -1.15. The monoisotopic (exact) mass is 597 g/mol. The number of benzene rings is 1. The second-order valence-electron chi connectivity index (χ2n) is 11.7. The maximum absolute atomic E-state index is 13.8. The van der Waals surface area contributed by atoms with Gasteiger partial charge in [0.05, 0.1) is 11.7 Å². The van der Waals surface area contributed by atoms with Gasteiger partial charge >= 0.3 is 0 Å². The van der Waals surface area contributed by atoms with Gasteiger partial charge in [-0.25, -0.2) is 4.98 Å². The number of likely N-dealkylation sites (tertiary alicyclic amines) is 1. The van der Waals surface area contributed by atoms with Crippen LogP contribution in [0.15, 0.2) is 29.6 Å². The molecule has 216 valence electrons. The van der Waals surface area contributed by atoms with Crippen LogP contribution < -0.4 is 16.0 Å². The molecule has 41 heavy (non-hydrogen) atoms. The number of aromatic nitrogens is 1. The van der Waals surface area contributed by atoms with Crippen molar-refractivity contribution in [3.63, 3.8) is 0 Å². The number of halogens is 1. The van der Waals surface area contributed by atoms with E-state index in [0.717, 1.165) is 37.7 Å². The highest BCUT2D eigenvalue weighted by Gasteiger charge is 2.51. The van der Waals surface area contributed by atoms with Crippen molar-refractivity contribution in [2.75, 3.05) is 13.1 Å². The molecule has 6 rings (SSSR count). The van der Waals surface area contributed by atoms with Crippen molar-refractivity contribution in [1.29, 1.82) is 0 Å². The van der Waals surface area contributed by atoms with Crippen LogP contribution in [0.5, 0.6) is 0 Å². The number of nitrogens with one attached hydrogen (secondary N) is 3. The number of thiazole rings is 1. The lowest BCUT2D eigenvalue weighted by Gasteiger charge is -2.39. The molecular formula is C29H32ClN5O5S. The number of carbonyl (C=O) groups is 5. The van der Waals surface area contributed by atoms with Crippen LogP contribution in [-0.2, 0) is 19.2 Å². The van der Waals surface area contributed by atoms with Crippen LogP contribution in [0.1, 0.15) is 61.2 Å². The van der Waals surface area contributed by atoms with Gasteiger partial charge in [-0.05, 0) is 68.9 Å². The predicted octanol–water partition coefficient (Wildman–Crippen LogP) is 2.71. The largest absolute Gasteiger partial charge is 0.356 e. The van der Waals surface area contributed by atoms with E-state index in [2.05, 4.69) is 20.9 Å². The van der Waals surface area contributed by atoms with E-state index < -0.39 is 35.6 Å². The Morgan fingerprint density at radius 1 is 1.17 bits per heavy atom. The van der Waals surface area contributed by atoms with Gasteiger partial charge in [0.15, 0.2) is 5.01 Å². The van der Waals surface area contributed by atoms with E-state index in [1.165, 1.54) is 11.3 Å². The van der Waals surface area contributed by atoms with Gasteiger partial charge in [-0.3, -0.25) is 24.0 Å². The standard InChI is InChI=1S/C29H32ClN5O5S/c30-18-3-1-2-16(12-18)21-15-41-27(34-21)28(40)35-11-9-29(7-8-29)14-22(35)25(38)33-20(13-17-6-10-31-24(17)37)23(36)26(39)32-19-4-5-19/h1-3,12,15,17,19-20,22H,4-11,13-14H2,(H,31,37)(H,32,39)(H,33,38). The molecule has 2 aliphatic carbocycles. The van der Waals surface area contributed by atoms with Crippen molar-refractivity contribution in [3.8, 4) is 11.3 Å². The molecule has 4 amide bonds. The van der Waals surface area contributed by atoms with Crippen molar-refractivity contribution < 1.29 is 24.0 Å². The first-order valence-electron chi connectivity index (χ1n) is 14.2. The molecule has 0 bridgehead atoms. The highest BCUT2D eigenvalue weighted by molar-refractivity contribution is 7.12. The van der Waals surface area contributed by atoms with Gasteiger partial charge < -0.3 is 20.9 Å². The third-order valence-electron chi connectivity index (χ3n) is 8.67. The van der Waals surface area contributed by atoms with Gasteiger partial charge in [-0.2, -0.15) is 0 Å². The molecule has 2 aliphatic heterocycles. The summed E-state index contributed by atoms with van der Waals surface area (Å²) >= 11 is 7.34. The van der Waals surface area contributed by atoms with Crippen molar-refractivity contribution in [2.24, 2.45) is 11.3 Å². The zero-order chi connectivity index (χ0) is 28.7. The van der Waals surface area contributed by atoms with E-state index in [-0.39, 0.29) is 34.7 Å². The summed E-state index contributed by atoms with van der Waals surface area (Å²) in [7, 11) is 0. The van der Waals surface area contributed by atoms with Crippen molar-refractivity contribution >= 4 is 52.3 Å². The summed E-state index contributed by atoms with van der Waals surface area (Å²) in [6, 6.07) is 5.24. The highest BCUT2D eigenvalue weighted by atomic mass is 35.5. The summed E-state index contributed by atoms with van der Waals surface area (Å²) in [6.07, 6.45) is 5.46. The maximum atomic E-state index is 13.8. The molecule has 3 heterocycles. The minimum absolute atomic E-state index is 0.0157. The van der Waals surface area contributed by atoms with Crippen LogP contribution in [0.3, 0.4) is 0 Å². The number of amides is 4. The number of Topliss-reactive ketones (excluding diaryl/α,β-unsaturated/α-hetero) is 1. The van der Waals surface area contributed by atoms with E-state index in [0.29, 0.717) is 36.6 Å². The number of nitrogens with zero attached hydrogens (tertiary/aromatic N) is 2. The first-order chi connectivity index (χ1) is 19.7. The van der Waals surface area contributed by atoms with E-state index in [1.54, 1.807) is 22.4 Å². The second kappa shape index (κ2) is 11.2. The van der Waals surface area contributed by atoms with Crippen LogP contribution in [0.4, 0.5) is 0 Å². The van der Waals surface area contributed by atoms with E-state index in [9.17, 15) is 24.0 Å². The Morgan fingerprint density at radius 3 is 2.66 bits per heavy atom. The highest BCUT2D eigenvalue weighted by Crippen LogP contribution is 2.55. The molecule has 1 aromatic heterocycles. The van der Waals surface area contributed by atoms with E-state index in [1.807, 2.05) is 12.1 Å². The lowest BCUT2D eigenvalue weighted by atomic mass is 9.87. The molecule has 3 N–H and O–H groups in total. The molecule has 1 aromatic carbocycles. The van der Waals surface area contributed by atoms with Gasteiger partial charge in [0.2, 0.25) is 17.6 Å². The smallest absolute Gasteiger partial charge is 0.289 e. The van der Waals surface area contributed by atoms with Crippen LogP contribution in [0.2, 0.25) is 5.02 Å². The van der Waals surface area contributed by atoms with Gasteiger partial charge in [0.1, 0.15) is 6.04 Å². The summed E-state index contributed by atoms with van der Waals surface area (Å²) < 4.78 is 0. The van der Waals surface area contributed by atoms with Gasteiger partial charge in [-0.15, -0.1) is 11.3 Å². The lowest BCUT2D eigenvalue weighted by molar-refractivity contribution is -0.141. The summed E-state index contributed by atoms with van der Waals surface area (Å²) in [6.45, 7) is 0.889. The third-order valence-corrected chi connectivity index (χ3v) is 9.73. The summed E-state index contributed by atoms with van der Waals surface area (Å²) in [5.41, 5.74) is 1.43. The normalized spacial score (nSPS) is 23.5. The lowest BCUT2D eigenvalue weighted by Crippen LogP contribution is -2.58. The van der Waals surface area contributed by atoms with Crippen molar-refractivity contribution in [1.82, 2.24) is 25.8 Å². The predicted molar refractivity (Wildman–Crippen MR) is 152 cm³/mol. The third kappa shape index (κ3) is 6.16. The second-order valence-corrected chi connectivity index (χ2v) is 13.0. The molecule has 1 spiro atoms. The topological polar surface area (TPSA) is 138 Å². The molecule has 3 unspecified atom stereocenters.